The molecular weight excluding hydrogens is 394 g/mol. The van der Waals surface area contributed by atoms with E-state index in [4.69, 9.17) is 16.3 Å². The minimum absolute atomic E-state index is 0.335. The zero-order valence-electron chi connectivity index (χ0n) is 18.0. The second-order valence-corrected chi connectivity index (χ2v) is 7.99. The molecule has 4 N–H and O–H groups in total. The summed E-state index contributed by atoms with van der Waals surface area (Å²) in [5.41, 5.74) is 11.3. The number of hydrogen-bond donors (Lipinski definition) is 2. The molecule has 0 saturated heterocycles. The lowest BCUT2D eigenvalue weighted by Gasteiger charge is -2.17. The number of aromatic nitrogens is 3. The summed E-state index contributed by atoms with van der Waals surface area (Å²) < 4.78 is 21.9. The number of aryl methyl sites for hydroxylation is 1. The molecule has 31 heavy (non-hydrogen) atoms. The Balaban J connectivity index is 1.78. The molecule has 1 aromatic carbocycles. The molecule has 4 rings (SSSR count). The number of nitrogens with zero attached hydrogens (tertiary/aromatic N) is 4. The fourth-order valence-electron chi connectivity index (χ4n) is 3.37. The van der Waals surface area contributed by atoms with Gasteiger partial charge in [0.2, 0.25) is 7.98 Å². The molecule has 2 heterocycles. The van der Waals surface area contributed by atoms with Gasteiger partial charge in [0.1, 0.15) is 17.3 Å². The number of rotatable bonds is 7. The largest absolute Gasteiger partial charge is 0.492 e. The van der Waals surface area contributed by atoms with Gasteiger partial charge in [-0.1, -0.05) is 0 Å². The molecule has 0 aliphatic heterocycles. The highest BCUT2D eigenvalue weighted by molar-refractivity contribution is 6.05. The second kappa shape index (κ2) is 8.43. The van der Waals surface area contributed by atoms with Gasteiger partial charge in [0.25, 0.3) is 0 Å². The number of hydrazine groups is 1. The van der Waals surface area contributed by atoms with Crippen molar-refractivity contribution in [1.29, 1.82) is 0 Å². The first-order valence-corrected chi connectivity index (χ1v) is 10.2. The second-order valence-electron chi connectivity index (χ2n) is 7.99. The number of ether oxygens (including phenoxy) is 1. The highest BCUT2D eigenvalue weighted by Gasteiger charge is 2.24. The van der Waals surface area contributed by atoms with E-state index in [0.29, 0.717) is 35.4 Å². The van der Waals surface area contributed by atoms with Crippen molar-refractivity contribution < 1.29 is 9.13 Å². The maximum absolute atomic E-state index is 14.0. The van der Waals surface area contributed by atoms with Crippen LogP contribution >= 0.6 is 0 Å². The average Bonchev–Trinajstić information content (AvgIpc) is 3.52. The Morgan fingerprint density at radius 1 is 1.29 bits per heavy atom. The van der Waals surface area contributed by atoms with Gasteiger partial charge in [0.05, 0.1) is 30.0 Å². The van der Waals surface area contributed by atoms with E-state index in [0.717, 1.165) is 35.4 Å². The minimum Gasteiger partial charge on any atom is -0.492 e. The first-order chi connectivity index (χ1) is 14.8. The fourth-order valence-corrected chi connectivity index (χ4v) is 3.37. The molecule has 9 heteroatoms. The molecule has 1 fully saturated rings. The Bertz CT molecular complexity index is 1140. The summed E-state index contributed by atoms with van der Waals surface area (Å²) in [6, 6.07) is 8.29. The van der Waals surface area contributed by atoms with Crippen LogP contribution < -0.4 is 16.3 Å². The topological polar surface area (TPSA) is 95.2 Å². The number of allylic oxidation sites excluding steroid dienone is 1. The molecule has 0 spiro atoms. The maximum atomic E-state index is 14.0. The molecule has 0 radical (unpaired) electrons. The fraction of sp³-hybridized carbons (Fsp3) is 0.273. The van der Waals surface area contributed by atoms with E-state index >= 15 is 0 Å². The van der Waals surface area contributed by atoms with Gasteiger partial charge in [-0.05, 0) is 49.9 Å². The maximum Gasteiger partial charge on any atom is 0.238 e. The van der Waals surface area contributed by atoms with Crippen LogP contribution in [0, 0.1) is 11.7 Å². The van der Waals surface area contributed by atoms with Crippen LogP contribution in [0.2, 0.25) is 0 Å². The van der Waals surface area contributed by atoms with Crippen molar-refractivity contribution in [1.82, 2.24) is 19.5 Å². The Morgan fingerprint density at radius 3 is 2.77 bits per heavy atom. The summed E-state index contributed by atoms with van der Waals surface area (Å²) in [4.78, 5) is 10.6. The van der Waals surface area contributed by atoms with E-state index in [1.54, 1.807) is 26.6 Å². The van der Waals surface area contributed by atoms with Gasteiger partial charge in [0.15, 0.2) is 0 Å². The number of imidazole rings is 1. The molecule has 1 aliphatic carbocycles. The first kappa shape index (κ1) is 20.9. The molecule has 0 bridgehead atoms. The Hall–Kier alpha value is -3.33. The van der Waals surface area contributed by atoms with Crippen molar-refractivity contribution in [3.8, 4) is 28.4 Å². The number of pyridine rings is 1. The standard InChI is InChI=1S/C22H26BFN6O/c1-13(30(23)26)20(25)15-7-8-27-18(9-15)21-22(29(2)12-28-21)17-6-5-16(24)10-19(17)31-11-14-3-4-14/h5-10,12,14H,3-4,11,23,25-26H2,1-2H3/b20-13-. The van der Waals surface area contributed by atoms with Crippen LogP contribution in [0.4, 0.5) is 4.39 Å². The minimum atomic E-state index is -0.335. The third kappa shape index (κ3) is 4.41. The van der Waals surface area contributed by atoms with Crippen LogP contribution in [0.25, 0.3) is 28.3 Å². The normalized spacial score (nSPS) is 14.3. The number of halogens is 1. The van der Waals surface area contributed by atoms with Gasteiger partial charge in [-0.2, -0.15) is 0 Å². The van der Waals surface area contributed by atoms with Crippen molar-refractivity contribution in [2.24, 2.45) is 24.5 Å². The van der Waals surface area contributed by atoms with Crippen molar-refractivity contribution in [3.05, 3.63) is 59.9 Å². The van der Waals surface area contributed by atoms with Crippen LogP contribution in [0.5, 0.6) is 5.75 Å². The Kier molecular flexibility index (Phi) is 5.69. The lowest BCUT2D eigenvalue weighted by atomic mass is 10.0. The summed E-state index contributed by atoms with van der Waals surface area (Å²) in [5, 5.41) is 0. The zero-order chi connectivity index (χ0) is 22.1. The van der Waals surface area contributed by atoms with Crippen LogP contribution in [-0.2, 0) is 7.05 Å². The lowest BCUT2D eigenvalue weighted by Crippen LogP contribution is -2.27. The molecule has 0 unspecified atom stereocenters. The van der Waals surface area contributed by atoms with E-state index in [9.17, 15) is 4.39 Å². The van der Waals surface area contributed by atoms with Gasteiger partial charge < -0.3 is 20.0 Å². The van der Waals surface area contributed by atoms with Crippen LogP contribution in [-0.4, -0.2) is 34.0 Å². The molecule has 0 amide bonds. The van der Waals surface area contributed by atoms with Crippen molar-refractivity contribution >= 4 is 13.7 Å². The van der Waals surface area contributed by atoms with Gasteiger partial charge in [0, 0.05) is 36.1 Å². The van der Waals surface area contributed by atoms with Gasteiger partial charge in [-0.3, -0.25) is 10.8 Å². The Labute approximate surface area is 181 Å². The van der Waals surface area contributed by atoms with E-state index in [1.165, 1.54) is 17.1 Å². The van der Waals surface area contributed by atoms with E-state index in [1.807, 2.05) is 30.7 Å². The van der Waals surface area contributed by atoms with Crippen LogP contribution in [0.1, 0.15) is 25.3 Å². The van der Waals surface area contributed by atoms with Gasteiger partial charge in [-0.15, -0.1) is 0 Å². The quantitative estimate of drug-likeness (QED) is 0.346. The monoisotopic (exact) mass is 420 g/mol. The summed E-state index contributed by atoms with van der Waals surface area (Å²) in [7, 11) is 3.63. The van der Waals surface area contributed by atoms with E-state index in [-0.39, 0.29) is 5.82 Å². The summed E-state index contributed by atoms with van der Waals surface area (Å²) in [6.07, 6.45) is 5.72. The van der Waals surface area contributed by atoms with Gasteiger partial charge in [-0.25, -0.2) is 9.37 Å². The van der Waals surface area contributed by atoms with Crippen molar-refractivity contribution in [2.45, 2.75) is 19.8 Å². The number of hydrogen-bond acceptors (Lipinski definition) is 6. The molecule has 2 aromatic heterocycles. The molecule has 1 saturated carbocycles. The van der Waals surface area contributed by atoms with E-state index in [2.05, 4.69) is 9.97 Å². The lowest BCUT2D eigenvalue weighted by molar-refractivity contribution is 0.299. The Morgan fingerprint density at radius 2 is 2.06 bits per heavy atom. The highest BCUT2D eigenvalue weighted by Crippen LogP contribution is 2.38. The highest BCUT2D eigenvalue weighted by atomic mass is 19.1. The zero-order valence-corrected chi connectivity index (χ0v) is 18.0. The molecule has 1 aliphatic rings. The molecule has 0 atom stereocenters. The van der Waals surface area contributed by atoms with Crippen LogP contribution in [0.3, 0.4) is 0 Å². The summed E-state index contributed by atoms with van der Waals surface area (Å²) >= 11 is 0. The third-order valence-electron chi connectivity index (χ3n) is 5.54. The average molecular weight is 420 g/mol. The smallest absolute Gasteiger partial charge is 0.238 e. The number of nitrogens with two attached hydrogens (primary N) is 2. The van der Waals surface area contributed by atoms with E-state index < -0.39 is 0 Å². The van der Waals surface area contributed by atoms with Crippen LogP contribution in [0.15, 0.2) is 48.6 Å². The summed E-state index contributed by atoms with van der Waals surface area (Å²) in [6.45, 7) is 2.44. The predicted molar refractivity (Wildman–Crippen MR) is 121 cm³/mol. The molecular formula is C22H26BFN6O. The number of benzene rings is 1. The molecule has 3 aromatic rings. The van der Waals surface area contributed by atoms with Gasteiger partial charge >= 0.3 is 0 Å². The molecule has 160 valence electrons. The SMILES string of the molecule is BN(N)/C(C)=C(\N)c1ccnc(-c2ncn(C)c2-c2ccc(F)cc2OCC2CC2)c1. The van der Waals surface area contributed by atoms with Crippen molar-refractivity contribution in [3.63, 3.8) is 0 Å². The predicted octanol–water partition coefficient (Wildman–Crippen LogP) is 2.45. The third-order valence-corrected chi connectivity index (χ3v) is 5.54. The first-order valence-electron chi connectivity index (χ1n) is 10.2. The van der Waals surface area contributed by atoms with Crippen molar-refractivity contribution in [2.75, 3.05) is 6.61 Å². The molecule has 7 nitrogen and oxygen atoms in total. The summed E-state index contributed by atoms with van der Waals surface area (Å²) in [5.74, 6) is 6.56.